The van der Waals surface area contributed by atoms with Gasteiger partial charge in [0.1, 0.15) is 5.69 Å². The molecule has 0 aliphatic rings. The number of anilines is 2. The second kappa shape index (κ2) is 4.44. The molecule has 0 spiro atoms. The predicted octanol–water partition coefficient (Wildman–Crippen LogP) is 1.95. The minimum absolute atomic E-state index is 0.0695. The Morgan fingerprint density at radius 2 is 1.93 bits per heavy atom. The van der Waals surface area contributed by atoms with Gasteiger partial charge in [-0.15, -0.1) is 0 Å². The lowest BCUT2D eigenvalue weighted by Crippen LogP contribution is -2.33. The van der Waals surface area contributed by atoms with Crippen molar-refractivity contribution in [2.45, 2.75) is 20.3 Å². The fraction of sp³-hybridized carbons (Fsp3) is 0.400. The van der Waals surface area contributed by atoms with Crippen LogP contribution >= 0.6 is 0 Å². The Morgan fingerprint density at radius 1 is 1.33 bits per heavy atom. The van der Waals surface area contributed by atoms with Crippen LogP contribution in [0.4, 0.5) is 20.2 Å². The second-order valence-corrected chi connectivity index (χ2v) is 3.45. The predicted molar refractivity (Wildman–Crippen MR) is 57.3 cm³/mol. The van der Waals surface area contributed by atoms with E-state index >= 15 is 0 Å². The van der Waals surface area contributed by atoms with Gasteiger partial charge in [0.2, 0.25) is 0 Å². The van der Waals surface area contributed by atoms with Gasteiger partial charge < -0.3 is 10.7 Å². The van der Waals surface area contributed by atoms with Crippen molar-refractivity contribution in [2.24, 2.45) is 5.84 Å². The van der Waals surface area contributed by atoms with Gasteiger partial charge in [0.25, 0.3) is 0 Å². The van der Waals surface area contributed by atoms with Gasteiger partial charge in [-0.2, -0.15) is 0 Å². The first kappa shape index (κ1) is 11.7. The van der Waals surface area contributed by atoms with Crippen LogP contribution in [-0.4, -0.2) is 6.54 Å². The molecule has 1 aromatic carbocycles. The number of rotatable bonds is 3. The molecule has 1 rings (SSSR count). The van der Waals surface area contributed by atoms with E-state index in [0.29, 0.717) is 6.54 Å². The highest BCUT2D eigenvalue weighted by Crippen LogP contribution is 2.29. The highest BCUT2D eigenvalue weighted by Gasteiger charge is 2.18. The summed E-state index contributed by atoms with van der Waals surface area (Å²) in [5.41, 5.74) is 5.86. The topological polar surface area (TPSA) is 55.3 Å². The SMILES string of the molecule is CCCN(N)c1c(N)cc(C)c(F)c1F. The largest absolute Gasteiger partial charge is 0.397 e. The fourth-order valence-electron chi connectivity index (χ4n) is 1.41. The smallest absolute Gasteiger partial charge is 0.185 e. The van der Waals surface area contributed by atoms with E-state index in [1.165, 1.54) is 13.0 Å². The lowest BCUT2D eigenvalue weighted by atomic mass is 10.1. The summed E-state index contributed by atoms with van der Waals surface area (Å²) in [4.78, 5) is 0. The van der Waals surface area contributed by atoms with Gasteiger partial charge in [-0.25, -0.2) is 14.6 Å². The molecule has 15 heavy (non-hydrogen) atoms. The molecule has 1 aromatic rings. The maximum Gasteiger partial charge on any atom is 0.185 e. The van der Waals surface area contributed by atoms with Crippen LogP contribution in [0.1, 0.15) is 18.9 Å². The number of hydrazine groups is 1. The number of hydrogen-bond acceptors (Lipinski definition) is 3. The van der Waals surface area contributed by atoms with Crippen molar-refractivity contribution < 1.29 is 8.78 Å². The van der Waals surface area contributed by atoms with Gasteiger partial charge in [-0.1, -0.05) is 6.92 Å². The number of hydrogen-bond donors (Lipinski definition) is 2. The fourth-order valence-corrected chi connectivity index (χ4v) is 1.41. The Kier molecular flexibility index (Phi) is 3.47. The van der Waals surface area contributed by atoms with Crippen molar-refractivity contribution in [1.82, 2.24) is 0 Å². The van der Waals surface area contributed by atoms with E-state index in [1.807, 2.05) is 6.92 Å². The third kappa shape index (κ3) is 2.18. The van der Waals surface area contributed by atoms with Gasteiger partial charge in [0.15, 0.2) is 11.6 Å². The van der Waals surface area contributed by atoms with Gasteiger partial charge >= 0.3 is 0 Å². The number of nitrogens with two attached hydrogens (primary N) is 2. The third-order valence-corrected chi connectivity index (χ3v) is 2.14. The van der Waals surface area contributed by atoms with Crippen LogP contribution < -0.4 is 16.6 Å². The molecule has 0 saturated carbocycles. The lowest BCUT2D eigenvalue weighted by molar-refractivity contribution is 0.501. The summed E-state index contributed by atoms with van der Waals surface area (Å²) in [5, 5.41) is 1.13. The van der Waals surface area contributed by atoms with E-state index in [4.69, 9.17) is 11.6 Å². The Hall–Kier alpha value is -1.36. The maximum absolute atomic E-state index is 13.5. The van der Waals surface area contributed by atoms with Crippen molar-refractivity contribution in [3.05, 3.63) is 23.3 Å². The molecule has 0 fully saturated rings. The van der Waals surface area contributed by atoms with Crippen LogP contribution in [0.15, 0.2) is 6.07 Å². The average Bonchev–Trinajstić information content (AvgIpc) is 2.15. The summed E-state index contributed by atoms with van der Waals surface area (Å²) in [6.07, 6.45) is 0.727. The molecule has 0 heterocycles. The molecule has 0 aliphatic carbocycles. The number of nitrogen functional groups attached to an aromatic ring is 1. The van der Waals surface area contributed by atoms with E-state index in [-0.39, 0.29) is 16.9 Å². The van der Waals surface area contributed by atoms with Crippen molar-refractivity contribution in [3.8, 4) is 0 Å². The van der Waals surface area contributed by atoms with E-state index in [0.717, 1.165) is 11.4 Å². The molecule has 0 radical (unpaired) electrons. The molecule has 84 valence electrons. The monoisotopic (exact) mass is 215 g/mol. The molecule has 3 nitrogen and oxygen atoms in total. The zero-order valence-electron chi connectivity index (χ0n) is 8.85. The van der Waals surface area contributed by atoms with E-state index in [9.17, 15) is 8.78 Å². The van der Waals surface area contributed by atoms with E-state index in [2.05, 4.69) is 0 Å². The van der Waals surface area contributed by atoms with Crippen LogP contribution in [0.3, 0.4) is 0 Å². The third-order valence-electron chi connectivity index (χ3n) is 2.14. The first-order chi connectivity index (χ1) is 6.99. The molecule has 0 saturated heterocycles. The molecular formula is C10H15F2N3. The molecule has 5 heteroatoms. The molecule has 4 N–H and O–H groups in total. The summed E-state index contributed by atoms with van der Waals surface area (Å²) in [6.45, 7) is 3.77. The summed E-state index contributed by atoms with van der Waals surface area (Å²) in [5.74, 6) is 3.69. The van der Waals surface area contributed by atoms with Gasteiger partial charge in [-0.05, 0) is 25.0 Å². The highest BCUT2D eigenvalue weighted by atomic mass is 19.2. The Balaban J connectivity index is 3.23. The minimum Gasteiger partial charge on any atom is -0.397 e. The number of nitrogens with zero attached hydrogens (tertiary/aromatic N) is 1. The molecule has 0 bridgehead atoms. The molecule has 0 aromatic heterocycles. The standard InChI is InChI=1S/C10H15F2N3/c1-3-4-15(14)10-7(13)5-6(2)8(11)9(10)12/h5H,3-4,13-14H2,1-2H3. The van der Waals surface area contributed by atoms with Crippen molar-refractivity contribution in [1.29, 1.82) is 0 Å². The Morgan fingerprint density at radius 3 is 2.47 bits per heavy atom. The zero-order valence-corrected chi connectivity index (χ0v) is 8.85. The maximum atomic E-state index is 13.5. The number of halogens is 2. The minimum atomic E-state index is -0.983. The molecule has 0 amide bonds. The van der Waals surface area contributed by atoms with Crippen LogP contribution in [0.2, 0.25) is 0 Å². The van der Waals surface area contributed by atoms with Crippen LogP contribution in [0, 0.1) is 18.6 Å². The van der Waals surface area contributed by atoms with E-state index < -0.39 is 11.6 Å². The van der Waals surface area contributed by atoms with Crippen LogP contribution in [0.5, 0.6) is 0 Å². The van der Waals surface area contributed by atoms with Crippen molar-refractivity contribution in [2.75, 3.05) is 17.3 Å². The van der Waals surface area contributed by atoms with Gasteiger partial charge in [-0.3, -0.25) is 0 Å². The Bertz CT molecular complexity index is 366. The second-order valence-electron chi connectivity index (χ2n) is 3.45. The summed E-state index contributed by atoms with van der Waals surface area (Å²) < 4.78 is 26.8. The highest BCUT2D eigenvalue weighted by molar-refractivity contribution is 5.68. The summed E-state index contributed by atoms with van der Waals surface area (Å²) >= 11 is 0. The van der Waals surface area contributed by atoms with Crippen LogP contribution in [-0.2, 0) is 0 Å². The lowest BCUT2D eigenvalue weighted by Gasteiger charge is -2.21. The zero-order chi connectivity index (χ0) is 11.6. The van der Waals surface area contributed by atoms with Crippen LogP contribution in [0.25, 0.3) is 0 Å². The number of aryl methyl sites for hydroxylation is 1. The van der Waals surface area contributed by atoms with Gasteiger partial charge in [0, 0.05) is 6.54 Å². The molecule has 0 atom stereocenters. The van der Waals surface area contributed by atoms with Gasteiger partial charge in [0.05, 0.1) is 5.69 Å². The van der Waals surface area contributed by atoms with E-state index in [1.54, 1.807) is 0 Å². The average molecular weight is 215 g/mol. The quantitative estimate of drug-likeness (QED) is 0.460. The summed E-state index contributed by atoms with van der Waals surface area (Å²) in [6, 6.07) is 1.38. The molecular weight excluding hydrogens is 200 g/mol. The normalized spacial score (nSPS) is 10.5. The first-order valence-corrected chi connectivity index (χ1v) is 4.75. The molecule has 0 aliphatic heterocycles. The number of benzene rings is 1. The molecule has 0 unspecified atom stereocenters. The first-order valence-electron chi connectivity index (χ1n) is 4.75. The van der Waals surface area contributed by atoms with Crippen molar-refractivity contribution >= 4 is 11.4 Å². The Labute approximate surface area is 87.6 Å². The van der Waals surface area contributed by atoms with Crippen molar-refractivity contribution in [3.63, 3.8) is 0 Å². The summed E-state index contributed by atoms with van der Waals surface area (Å²) in [7, 11) is 0.